The molecule has 0 bridgehead atoms. The van der Waals surface area contributed by atoms with E-state index < -0.39 is 37.6 Å². The van der Waals surface area contributed by atoms with Gasteiger partial charge in [0.05, 0.1) is 5.41 Å². The van der Waals surface area contributed by atoms with Crippen LogP contribution in [0.2, 0.25) is 5.15 Å². The summed E-state index contributed by atoms with van der Waals surface area (Å²) in [4.78, 5) is 44.5. The van der Waals surface area contributed by atoms with Crippen LogP contribution >= 0.6 is 26.8 Å². The standard InChI is InChI=1S/C19H33ClFNO6P2/c1-10(2)14-9-22-17(20)15(11(3)4)16(14)18(12(5)6,13(7)8)19(21,29(23,24)25)30(26,27)28/h9-13H,1-8H3,(H2,23,24,25)(H2,26,27,28). The molecule has 1 aromatic heterocycles. The monoisotopic (exact) mass is 487 g/mol. The molecule has 174 valence electrons. The van der Waals surface area contributed by atoms with Crippen LogP contribution in [0.4, 0.5) is 4.39 Å². The molecule has 1 rings (SSSR count). The van der Waals surface area contributed by atoms with Crippen LogP contribution in [-0.2, 0) is 14.5 Å². The van der Waals surface area contributed by atoms with Crippen molar-refractivity contribution in [2.45, 2.75) is 77.8 Å². The summed E-state index contributed by atoms with van der Waals surface area (Å²) in [7, 11) is -12.0. The van der Waals surface area contributed by atoms with Gasteiger partial charge in [-0.25, -0.2) is 9.37 Å². The molecular weight excluding hydrogens is 455 g/mol. The summed E-state index contributed by atoms with van der Waals surface area (Å²) in [5, 5.41) is -4.17. The molecule has 1 aromatic rings. The molecular formula is C19H33ClFNO6P2. The van der Waals surface area contributed by atoms with Gasteiger partial charge in [0.15, 0.2) is 0 Å². The molecule has 0 fully saturated rings. The molecule has 0 saturated heterocycles. The zero-order valence-corrected chi connectivity index (χ0v) is 21.1. The van der Waals surface area contributed by atoms with Crippen LogP contribution < -0.4 is 0 Å². The molecule has 0 aliphatic heterocycles. The van der Waals surface area contributed by atoms with Gasteiger partial charge in [0.1, 0.15) is 5.15 Å². The van der Waals surface area contributed by atoms with E-state index in [0.29, 0.717) is 11.1 Å². The first-order chi connectivity index (χ1) is 13.3. The Kier molecular flexibility index (Phi) is 8.22. The predicted octanol–water partition coefficient (Wildman–Crippen LogP) is 5.51. The molecule has 0 aliphatic rings. The maximum absolute atomic E-state index is 16.7. The maximum atomic E-state index is 16.7. The summed E-state index contributed by atoms with van der Waals surface area (Å²) in [6.45, 7) is 13.1. The van der Waals surface area contributed by atoms with Crippen molar-refractivity contribution < 1.29 is 33.1 Å². The second kappa shape index (κ2) is 8.90. The van der Waals surface area contributed by atoms with Gasteiger partial charge in [-0.15, -0.1) is 0 Å². The number of hydrogen-bond acceptors (Lipinski definition) is 3. The summed E-state index contributed by atoms with van der Waals surface area (Å²) < 4.78 is 41.9. The Labute approximate surface area is 182 Å². The van der Waals surface area contributed by atoms with E-state index in [-0.39, 0.29) is 22.6 Å². The van der Waals surface area contributed by atoms with Crippen molar-refractivity contribution in [3.8, 4) is 0 Å². The maximum Gasteiger partial charge on any atom is 0.376 e. The Morgan fingerprint density at radius 2 is 1.30 bits per heavy atom. The van der Waals surface area contributed by atoms with Gasteiger partial charge in [-0.05, 0) is 40.4 Å². The van der Waals surface area contributed by atoms with Crippen molar-refractivity contribution in [3.63, 3.8) is 0 Å². The normalized spacial score (nSPS) is 14.5. The Balaban J connectivity index is 4.58. The quantitative estimate of drug-likeness (QED) is 0.281. The van der Waals surface area contributed by atoms with Gasteiger partial charge in [0, 0.05) is 6.20 Å². The molecule has 4 N–H and O–H groups in total. The van der Waals surface area contributed by atoms with Gasteiger partial charge in [0.2, 0.25) is 0 Å². The Hall–Kier alpha value is -0.330. The number of alkyl halides is 1. The zero-order valence-electron chi connectivity index (χ0n) is 18.6. The van der Waals surface area contributed by atoms with E-state index in [9.17, 15) is 28.7 Å². The number of nitrogens with zero attached hydrogens (tertiary/aromatic N) is 1. The van der Waals surface area contributed by atoms with Gasteiger partial charge in [-0.3, -0.25) is 9.13 Å². The van der Waals surface area contributed by atoms with Crippen LogP contribution in [0.5, 0.6) is 0 Å². The Morgan fingerprint density at radius 1 is 0.900 bits per heavy atom. The van der Waals surface area contributed by atoms with E-state index in [1.165, 1.54) is 33.9 Å². The second-order valence-electron chi connectivity index (χ2n) is 8.96. The predicted molar refractivity (Wildman–Crippen MR) is 117 cm³/mol. The minimum atomic E-state index is -6.01. The molecule has 7 nitrogen and oxygen atoms in total. The van der Waals surface area contributed by atoms with Gasteiger partial charge in [-0.2, -0.15) is 0 Å². The molecule has 0 atom stereocenters. The van der Waals surface area contributed by atoms with Crippen molar-refractivity contribution in [1.82, 2.24) is 4.98 Å². The number of pyridine rings is 1. The number of halogens is 2. The molecule has 1 heterocycles. The van der Waals surface area contributed by atoms with E-state index in [1.807, 2.05) is 0 Å². The Morgan fingerprint density at radius 3 is 1.57 bits per heavy atom. The van der Waals surface area contributed by atoms with Crippen LogP contribution in [0.1, 0.15) is 83.9 Å². The van der Waals surface area contributed by atoms with Crippen molar-refractivity contribution in [2.75, 3.05) is 0 Å². The van der Waals surface area contributed by atoms with Gasteiger partial charge in [0.25, 0.3) is 0 Å². The largest absolute Gasteiger partial charge is 0.376 e. The van der Waals surface area contributed by atoms with Gasteiger partial charge in [-0.1, -0.05) is 67.0 Å². The summed E-state index contributed by atoms with van der Waals surface area (Å²) in [5.74, 6) is -2.47. The smallest absolute Gasteiger partial charge is 0.322 e. The lowest BCUT2D eigenvalue weighted by Crippen LogP contribution is -2.56. The highest BCUT2D eigenvalue weighted by Crippen LogP contribution is 2.79. The second-order valence-corrected chi connectivity index (χ2v) is 13.1. The highest BCUT2D eigenvalue weighted by molar-refractivity contribution is 7.72. The van der Waals surface area contributed by atoms with Crippen LogP contribution in [-0.4, -0.2) is 29.7 Å². The molecule has 0 amide bonds. The molecule has 30 heavy (non-hydrogen) atoms. The minimum absolute atomic E-state index is 0.00819. The molecule has 11 heteroatoms. The fraction of sp³-hybridized carbons (Fsp3) is 0.737. The van der Waals surface area contributed by atoms with E-state index in [0.717, 1.165) is 0 Å². The lowest BCUT2D eigenvalue weighted by molar-refractivity contribution is 0.0633. The highest BCUT2D eigenvalue weighted by Gasteiger charge is 2.76. The molecule has 0 aliphatic carbocycles. The zero-order chi connectivity index (χ0) is 24.0. The van der Waals surface area contributed by atoms with E-state index >= 15 is 4.39 Å². The van der Waals surface area contributed by atoms with Gasteiger partial charge < -0.3 is 19.6 Å². The van der Waals surface area contributed by atoms with Crippen molar-refractivity contribution in [2.24, 2.45) is 11.8 Å². The summed E-state index contributed by atoms with van der Waals surface area (Å²) in [5.41, 5.74) is -1.38. The summed E-state index contributed by atoms with van der Waals surface area (Å²) >= 11 is 6.37. The molecule has 0 aromatic carbocycles. The van der Waals surface area contributed by atoms with Crippen molar-refractivity contribution in [3.05, 3.63) is 28.0 Å². The SMILES string of the molecule is CC(C)c1cnc(Cl)c(C(C)C)c1C(C(C)C)(C(C)C)C(F)(P(=O)(O)O)P(=O)(O)O. The lowest BCUT2D eigenvalue weighted by Gasteiger charge is -2.52. The Bertz CT molecular complexity index is 848. The van der Waals surface area contributed by atoms with Crippen LogP contribution in [0.15, 0.2) is 6.20 Å². The molecule has 0 saturated carbocycles. The number of rotatable bonds is 8. The van der Waals surface area contributed by atoms with Crippen molar-refractivity contribution >= 4 is 26.8 Å². The lowest BCUT2D eigenvalue weighted by atomic mass is 9.61. The molecule has 0 radical (unpaired) electrons. The fourth-order valence-electron chi connectivity index (χ4n) is 4.73. The highest BCUT2D eigenvalue weighted by atomic mass is 35.5. The average molecular weight is 488 g/mol. The first kappa shape index (κ1) is 27.7. The van der Waals surface area contributed by atoms with Crippen LogP contribution in [0.25, 0.3) is 0 Å². The minimum Gasteiger partial charge on any atom is -0.322 e. The van der Waals surface area contributed by atoms with Gasteiger partial charge >= 0.3 is 20.3 Å². The number of aromatic nitrogens is 1. The topological polar surface area (TPSA) is 128 Å². The first-order valence-electron chi connectivity index (χ1n) is 9.78. The van der Waals surface area contributed by atoms with E-state index in [4.69, 9.17) is 11.6 Å². The van der Waals surface area contributed by atoms with E-state index in [1.54, 1.807) is 27.7 Å². The fourth-order valence-corrected chi connectivity index (χ4v) is 8.67. The summed E-state index contributed by atoms with van der Waals surface area (Å²) in [6.07, 6.45) is 1.40. The van der Waals surface area contributed by atoms with Crippen LogP contribution in [0, 0.1) is 11.8 Å². The molecule has 0 spiro atoms. The van der Waals surface area contributed by atoms with Crippen LogP contribution in [0.3, 0.4) is 0 Å². The third kappa shape index (κ3) is 4.05. The first-order valence-corrected chi connectivity index (χ1v) is 13.4. The third-order valence-corrected chi connectivity index (χ3v) is 9.98. The van der Waals surface area contributed by atoms with E-state index in [2.05, 4.69) is 4.98 Å². The molecule has 0 unspecified atom stereocenters. The average Bonchev–Trinajstić information content (AvgIpc) is 2.51. The summed E-state index contributed by atoms with van der Waals surface area (Å²) in [6, 6.07) is 0. The number of hydrogen-bond donors (Lipinski definition) is 4. The third-order valence-electron chi connectivity index (χ3n) is 5.83. The van der Waals surface area contributed by atoms with Crippen molar-refractivity contribution in [1.29, 1.82) is 0 Å².